The molecule has 0 saturated carbocycles. The van der Waals surface area contributed by atoms with Crippen molar-refractivity contribution in [1.29, 1.82) is 0 Å². The van der Waals surface area contributed by atoms with Crippen LogP contribution in [0.1, 0.15) is 23.1 Å². The molecule has 5 heteroatoms. The van der Waals surface area contributed by atoms with Gasteiger partial charge in [-0.3, -0.25) is 9.59 Å². The number of hydrogen-bond donors (Lipinski definition) is 1. The molecule has 25 heavy (non-hydrogen) atoms. The molecule has 0 aliphatic rings. The van der Waals surface area contributed by atoms with E-state index in [4.69, 9.17) is 10.5 Å². The molecule has 2 aromatic carbocycles. The van der Waals surface area contributed by atoms with Crippen LogP contribution in [0.15, 0.2) is 48.5 Å². The Hall–Kier alpha value is -2.82. The van der Waals surface area contributed by atoms with Gasteiger partial charge in [-0.05, 0) is 30.5 Å². The van der Waals surface area contributed by atoms with E-state index in [1.54, 1.807) is 4.90 Å². The summed E-state index contributed by atoms with van der Waals surface area (Å²) in [6.07, 6.45) is 0.127. The van der Waals surface area contributed by atoms with Gasteiger partial charge in [0.2, 0.25) is 5.91 Å². The summed E-state index contributed by atoms with van der Waals surface area (Å²) in [6, 6.07) is 15.5. The van der Waals surface area contributed by atoms with Crippen LogP contribution in [0.3, 0.4) is 0 Å². The molecule has 0 fully saturated rings. The Morgan fingerprint density at radius 1 is 1.00 bits per heavy atom. The molecule has 0 radical (unpaired) electrons. The maximum Gasteiger partial charge on any atom is 0.260 e. The molecular formula is C20H24N2O3. The molecule has 0 aliphatic carbocycles. The first-order chi connectivity index (χ1) is 12.0. The van der Waals surface area contributed by atoms with Crippen LogP contribution in [0.2, 0.25) is 0 Å². The van der Waals surface area contributed by atoms with E-state index in [0.717, 1.165) is 22.4 Å². The molecule has 0 atom stereocenters. The fraction of sp³-hybridized carbons (Fsp3) is 0.300. The number of para-hydroxylation sites is 1. The first-order valence-corrected chi connectivity index (χ1v) is 8.26. The first-order valence-electron chi connectivity index (χ1n) is 8.26. The number of amides is 2. The van der Waals surface area contributed by atoms with Gasteiger partial charge in [0.25, 0.3) is 5.91 Å². The minimum atomic E-state index is -0.429. The summed E-state index contributed by atoms with van der Waals surface area (Å²) in [6.45, 7) is 4.52. The standard InChI is InChI=1S/C20H24N2O3/c1-15-7-6-8-16(2)20(15)25-14-19(24)22(12-11-18(21)23)13-17-9-4-3-5-10-17/h3-10H,11-14H2,1-2H3,(H2,21,23). The van der Waals surface area contributed by atoms with Gasteiger partial charge in [-0.2, -0.15) is 0 Å². The molecule has 0 aliphatic heterocycles. The number of nitrogens with two attached hydrogens (primary N) is 1. The van der Waals surface area contributed by atoms with Gasteiger partial charge >= 0.3 is 0 Å². The average Bonchev–Trinajstić information content (AvgIpc) is 2.58. The largest absolute Gasteiger partial charge is 0.483 e. The Bertz CT molecular complexity index is 709. The molecule has 0 heterocycles. The zero-order valence-corrected chi connectivity index (χ0v) is 14.7. The lowest BCUT2D eigenvalue weighted by atomic mass is 10.1. The highest BCUT2D eigenvalue weighted by Gasteiger charge is 2.16. The lowest BCUT2D eigenvalue weighted by Crippen LogP contribution is -2.37. The average molecular weight is 340 g/mol. The molecule has 0 spiro atoms. The van der Waals surface area contributed by atoms with Gasteiger partial charge in [0.15, 0.2) is 6.61 Å². The van der Waals surface area contributed by atoms with Crippen molar-refractivity contribution in [3.05, 3.63) is 65.2 Å². The van der Waals surface area contributed by atoms with Crippen LogP contribution in [0.25, 0.3) is 0 Å². The Balaban J connectivity index is 2.05. The van der Waals surface area contributed by atoms with E-state index in [9.17, 15) is 9.59 Å². The molecular weight excluding hydrogens is 316 g/mol. The Morgan fingerprint density at radius 2 is 1.64 bits per heavy atom. The molecule has 2 rings (SSSR count). The highest BCUT2D eigenvalue weighted by Crippen LogP contribution is 2.22. The third-order valence-electron chi connectivity index (χ3n) is 3.95. The van der Waals surface area contributed by atoms with Gasteiger partial charge in [0, 0.05) is 19.5 Å². The van der Waals surface area contributed by atoms with E-state index in [0.29, 0.717) is 6.54 Å². The van der Waals surface area contributed by atoms with E-state index in [-0.39, 0.29) is 25.5 Å². The number of ether oxygens (including phenoxy) is 1. The highest BCUT2D eigenvalue weighted by atomic mass is 16.5. The van der Waals surface area contributed by atoms with Gasteiger partial charge in [-0.25, -0.2) is 0 Å². The number of aryl methyl sites for hydroxylation is 2. The fourth-order valence-electron chi connectivity index (χ4n) is 2.59. The SMILES string of the molecule is Cc1cccc(C)c1OCC(=O)N(CCC(N)=O)Cc1ccccc1. The van der Waals surface area contributed by atoms with E-state index in [1.165, 1.54) is 0 Å². The number of primary amides is 1. The third-order valence-corrected chi connectivity index (χ3v) is 3.95. The predicted molar refractivity (Wildman–Crippen MR) is 97.1 cm³/mol. The number of hydrogen-bond acceptors (Lipinski definition) is 3. The van der Waals surface area contributed by atoms with Gasteiger partial charge < -0.3 is 15.4 Å². The lowest BCUT2D eigenvalue weighted by molar-refractivity contribution is -0.134. The Morgan fingerprint density at radius 3 is 2.24 bits per heavy atom. The van der Waals surface area contributed by atoms with Crippen molar-refractivity contribution >= 4 is 11.8 Å². The van der Waals surface area contributed by atoms with E-state index >= 15 is 0 Å². The highest BCUT2D eigenvalue weighted by molar-refractivity contribution is 5.79. The lowest BCUT2D eigenvalue weighted by Gasteiger charge is -2.23. The van der Waals surface area contributed by atoms with Gasteiger partial charge in [-0.15, -0.1) is 0 Å². The number of rotatable bonds is 8. The second-order valence-corrected chi connectivity index (χ2v) is 6.03. The molecule has 2 amide bonds. The number of benzene rings is 2. The van der Waals surface area contributed by atoms with Crippen molar-refractivity contribution in [2.45, 2.75) is 26.8 Å². The Kier molecular flexibility index (Phi) is 6.57. The van der Waals surface area contributed by atoms with Crippen molar-refractivity contribution in [3.63, 3.8) is 0 Å². The van der Waals surface area contributed by atoms with Crippen LogP contribution in [0.4, 0.5) is 0 Å². The third kappa shape index (κ3) is 5.64. The molecule has 0 aromatic heterocycles. The van der Waals surface area contributed by atoms with E-state index in [1.807, 2.05) is 62.4 Å². The molecule has 2 aromatic rings. The second kappa shape index (κ2) is 8.87. The predicted octanol–water partition coefficient (Wildman–Crippen LogP) is 2.59. The summed E-state index contributed by atoms with van der Waals surface area (Å²) in [4.78, 5) is 25.3. The van der Waals surface area contributed by atoms with Gasteiger partial charge in [0.1, 0.15) is 5.75 Å². The summed E-state index contributed by atoms with van der Waals surface area (Å²) in [5.41, 5.74) is 8.20. The minimum absolute atomic E-state index is 0.0721. The van der Waals surface area contributed by atoms with Crippen LogP contribution in [0.5, 0.6) is 5.75 Å². The fourth-order valence-corrected chi connectivity index (χ4v) is 2.59. The van der Waals surface area contributed by atoms with Crippen molar-refractivity contribution in [2.24, 2.45) is 5.73 Å². The minimum Gasteiger partial charge on any atom is -0.483 e. The van der Waals surface area contributed by atoms with E-state index < -0.39 is 5.91 Å². The van der Waals surface area contributed by atoms with Gasteiger partial charge in [-0.1, -0.05) is 48.5 Å². The number of carbonyl (C=O) groups excluding carboxylic acids is 2. The van der Waals surface area contributed by atoms with Crippen molar-refractivity contribution < 1.29 is 14.3 Å². The summed E-state index contributed by atoms with van der Waals surface area (Å²) in [7, 11) is 0. The monoisotopic (exact) mass is 340 g/mol. The summed E-state index contributed by atoms with van der Waals surface area (Å²) >= 11 is 0. The molecule has 0 unspecified atom stereocenters. The summed E-state index contributed by atoms with van der Waals surface area (Å²) in [5.74, 6) is 0.125. The van der Waals surface area contributed by atoms with Crippen molar-refractivity contribution in [1.82, 2.24) is 4.90 Å². The molecule has 0 saturated heterocycles. The molecule has 0 bridgehead atoms. The zero-order valence-electron chi connectivity index (χ0n) is 14.7. The number of nitrogens with zero attached hydrogens (tertiary/aromatic N) is 1. The smallest absolute Gasteiger partial charge is 0.260 e. The Labute approximate surface area is 148 Å². The molecule has 2 N–H and O–H groups in total. The first kappa shape index (κ1) is 18.5. The van der Waals surface area contributed by atoms with Crippen LogP contribution in [0, 0.1) is 13.8 Å². The van der Waals surface area contributed by atoms with Crippen LogP contribution in [-0.2, 0) is 16.1 Å². The second-order valence-electron chi connectivity index (χ2n) is 6.03. The quantitative estimate of drug-likeness (QED) is 0.803. The van der Waals surface area contributed by atoms with E-state index in [2.05, 4.69) is 0 Å². The van der Waals surface area contributed by atoms with Crippen molar-refractivity contribution in [2.75, 3.05) is 13.2 Å². The summed E-state index contributed by atoms with van der Waals surface area (Å²) < 4.78 is 5.75. The maximum atomic E-state index is 12.6. The number of carbonyl (C=O) groups is 2. The molecule has 5 nitrogen and oxygen atoms in total. The van der Waals surface area contributed by atoms with Crippen LogP contribution < -0.4 is 10.5 Å². The van der Waals surface area contributed by atoms with Crippen LogP contribution in [-0.4, -0.2) is 29.9 Å². The van der Waals surface area contributed by atoms with Gasteiger partial charge in [0.05, 0.1) is 0 Å². The maximum absolute atomic E-state index is 12.6. The normalized spacial score (nSPS) is 10.3. The topological polar surface area (TPSA) is 72.6 Å². The van der Waals surface area contributed by atoms with Crippen molar-refractivity contribution in [3.8, 4) is 5.75 Å². The summed E-state index contributed by atoms with van der Waals surface area (Å²) in [5, 5.41) is 0. The molecule has 132 valence electrons. The zero-order chi connectivity index (χ0) is 18.2. The van der Waals surface area contributed by atoms with Crippen LogP contribution >= 0.6 is 0 Å².